The molecule has 0 radical (unpaired) electrons. The fraction of sp³-hybridized carbons (Fsp3) is 0.636. The van der Waals surface area contributed by atoms with Gasteiger partial charge in [-0.25, -0.2) is 0 Å². The second-order valence-electron chi connectivity index (χ2n) is 3.95. The maximum Gasteiger partial charge on any atom is 0.411 e. The molecule has 3 nitrogen and oxygen atoms in total. The second-order valence-corrected chi connectivity index (χ2v) is 3.95. The first-order valence-electron chi connectivity index (χ1n) is 5.48. The molecule has 1 rings (SSSR count). The minimum Gasteiger partial charge on any atom is -0.351 e. The van der Waals surface area contributed by atoms with Crippen LogP contribution in [-0.4, -0.2) is 17.4 Å². The molecule has 0 amide bonds. The Morgan fingerprint density at radius 2 is 2.18 bits per heavy atom. The van der Waals surface area contributed by atoms with E-state index in [1.807, 2.05) is 6.92 Å². The molecule has 1 aromatic rings. The van der Waals surface area contributed by atoms with Gasteiger partial charge in [-0.2, -0.15) is 13.2 Å². The number of hydrogen-bond donors (Lipinski definition) is 1. The van der Waals surface area contributed by atoms with E-state index >= 15 is 0 Å². The lowest BCUT2D eigenvalue weighted by Crippen LogP contribution is -2.18. The summed E-state index contributed by atoms with van der Waals surface area (Å²) in [4.78, 5) is 0. The van der Waals surface area contributed by atoms with Crippen LogP contribution in [-0.2, 0) is 11.5 Å². The van der Waals surface area contributed by atoms with Crippen molar-refractivity contribution < 1.29 is 17.9 Å². The van der Waals surface area contributed by atoms with Gasteiger partial charge in [0.2, 0.25) is 0 Å². The van der Waals surface area contributed by atoms with E-state index in [-0.39, 0.29) is 12.8 Å². The first-order chi connectivity index (χ1) is 7.92. The molecule has 0 bridgehead atoms. The molecule has 0 fully saturated rings. The predicted octanol–water partition coefficient (Wildman–Crippen LogP) is 2.82. The molecule has 0 saturated carbocycles. The van der Waals surface area contributed by atoms with Crippen LogP contribution in [0.15, 0.2) is 18.5 Å². The Kier molecular flexibility index (Phi) is 5.02. The summed E-state index contributed by atoms with van der Waals surface area (Å²) in [5.74, 6) is 0. The minimum atomic E-state index is -4.28. The Bertz CT molecular complexity index is 336. The number of hydrogen-bond acceptors (Lipinski definition) is 2. The monoisotopic (exact) mass is 250 g/mol. The van der Waals surface area contributed by atoms with Crippen molar-refractivity contribution in [3.63, 3.8) is 0 Å². The maximum absolute atomic E-state index is 11.8. The first kappa shape index (κ1) is 14.1. The third-order valence-electron chi connectivity index (χ3n) is 2.31. The fourth-order valence-electron chi connectivity index (χ4n) is 1.50. The van der Waals surface area contributed by atoms with Gasteiger partial charge in [-0.1, -0.05) is 13.3 Å². The molecule has 0 aliphatic carbocycles. The number of halogens is 3. The molecule has 1 heterocycles. The van der Waals surface area contributed by atoms with Gasteiger partial charge in [-0.05, 0) is 18.1 Å². The second kappa shape index (κ2) is 6.07. The number of nitrogens with two attached hydrogens (primary N) is 1. The van der Waals surface area contributed by atoms with E-state index in [9.17, 15) is 13.2 Å². The van der Waals surface area contributed by atoms with Crippen molar-refractivity contribution in [2.45, 2.75) is 38.7 Å². The highest BCUT2D eigenvalue weighted by atomic mass is 19.4. The van der Waals surface area contributed by atoms with Crippen LogP contribution in [0.2, 0.25) is 0 Å². The SMILES string of the molecule is CCCC(N)c1ccn(COCC(F)(F)F)c1. The van der Waals surface area contributed by atoms with Gasteiger partial charge >= 0.3 is 6.18 Å². The van der Waals surface area contributed by atoms with Gasteiger partial charge in [0.05, 0.1) is 0 Å². The molecule has 1 unspecified atom stereocenters. The number of rotatable bonds is 6. The predicted molar refractivity (Wildman–Crippen MR) is 58.3 cm³/mol. The van der Waals surface area contributed by atoms with Crippen LogP contribution >= 0.6 is 0 Å². The summed E-state index contributed by atoms with van der Waals surface area (Å²) < 4.78 is 41.6. The zero-order valence-electron chi connectivity index (χ0n) is 9.70. The quantitative estimate of drug-likeness (QED) is 0.843. The standard InChI is InChI=1S/C11H17F3N2O/c1-2-3-10(15)9-4-5-16(6-9)8-17-7-11(12,13)14/h4-6,10H,2-3,7-8,15H2,1H3. The molecular weight excluding hydrogens is 233 g/mol. The van der Waals surface area contributed by atoms with E-state index in [2.05, 4.69) is 4.74 Å². The van der Waals surface area contributed by atoms with Gasteiger partial charge in [0.1, 0.15) is 13.3 Å². The van der Waals surface area contributed by atoms with Crippen LogP contribution in [0.4, 0.5) is 13.2 Å². The summed E-state index contributed by atoms with van der Waals surface area (Å²) in [6.45, 7) is 0.684. The van der Waals surface area contributed by atoms with Crippen LogP contribution in [0.5, 0.6) is 0 Å². The number of nitrogens with zero attached hydrogens (tertiary/aromatic N) is 1. The number of aromatic nitrogens is 1. The van der Waals surface area contributed by atoms with Gasteiger partial charge in [0, 0.05) is 18.4 Å². The van der Waals surface area contributed by atoms with Crippen molar-refractivity contribution in [3.8, 4) is 0 Å². The third kappa shape index (κ3) is 5.23. The average molecular weight is 250 g/mol. The Balaban J connectivity index is 2.40. The summed E-state index contributed by atoms with van der Waals surface area (Å²) in [5, 5.41) is 0. The molecule has 0 saturated heterocycles. The summed E-state index contributed by atoms with van der Waals surface area (Å²) in [6.07, 6.45) is 0.927. The van der Waals surface area contributed by atoms with E-state index in [0.717, 1.165) is 18.4 Å². The average Bonchev–Trinajstić information content (AvgIpc) is 2.65. The smallest absolute Gasteiger partial charge is 0.351 e. The molecule has 0 aliphatic heterocycles. The van der Waals surface area contributed by atoms with Crippen molar-refractivity contribution in [2.75, 3.05) is 6.61 Å². The first-order valence-corrected chi connectivity index (χ1v) is 5.48. The van der Waals surface area contributed by atoms with E-state index in [1.54, 1.807) is 23.0 Å². The zero-order chi connectivity index (χ0) is 12.9. The Morgan fingerprint density at radius 1 is 1.47 bits per heavy atom. The Hall–Kier alpha value is -1.01. The van der Waals surface area contributed by atoms with Crippen molar-refractivity contribution in [3.05, 3.63) is 24.0 Å². The third-order valence-corrected chi connectivity index (χ3v) is 2.31. The van der Waals surface area contributed by atoms with Gasteiger partial charge in [-0.3, -0.25) is 0 Å². The van der Waals surface area contributed by atoms with Gasteiger partial charge in [0.25, 0.3) is 0 Å². The van der Waals surface area contributed by atoms with Gasteiger partial charge in [0.15, 0.2) is 0 Å². The minimum absolute atomic E-state index is 0.0659. The van der Waals surface area contributed by atoms with E-state index in [0.29, 0.717) is 0 Å². The molecule has 0 spiro atoms. The molecule has 0 aliphatic rings. The van der Waals surface area contributed by atoms with Crippen molar-refractivity contribution in [1.82, 2.24) is 4.57 Å². The van der Waals surface area contributed by atoms with Crippen LogP contribution in [0, 0.1) is 0 Å². The van der Waals surface area contributed by atoms with Crippen LogP contribution < -0.4 is 5.73 Å². The molecule has 1 aromatic heterocycles. The highest BCUT2D eigenvalue weighted by Gasteiger charge is 2.27. The molecule has 98 valence electrons. The van der Waals surface area contributed by atoms with Crippen molar-refractivity contribution in [2.24, 2.45) is 5.73 Å². The number of ether oxygens (including phenoxy) is 1. The van der Waals surface area contributed by atoms with Gasteiger partial charge < -0.3 is 15.0 Å². The largest absolute Gasteiger partial charge is 0.411 e. The van der Waals surface area contributed by atoms with E-state index in [1.165, 1.54) is 0 Å². The summed E-state index contributed by atoms with van der Waals surface area (Å²) in [5.41, 5.74) is 6.80. The lowest BCUT2D eigenvalue weighted by Gasteiger charge is -2.09. The highest BCUT2D eigenvalue weighted by molar-refractivity contribution is 5.14. The van der Waals surface area contributed by atoms with Gasteiger partial charge in [-0.15, -0.1) is 0 Å². The Morgan fingerprint density at radius 3 is 2.76 bits per heavy atom. The van der Waals surface area contributed by atoms with E-state index in [4.69, 9.17) is 5.73 Å². The summed E-state index contributed by atoms with van der Waals surface area (Å²) in [6, 6.07) is 1.74. The van der Waals surface area contributed by atoms with Crippen molar-refractivity contribution in [1.29, 1.82) is 0 Å². The Labute approximate surface area is 98.4 Å². The normalized spacial score (nSPS) is 13.9. The fourth-order valence-corrected chi connectivity index (χ4v) is 1.50. The lowest BCUT2D eigenvalue weighted by atomic mass is 10.1. The molecule has 17 heavy (non-hydrogen) atoms. The molecule has 1 atom stereocenters. The molecule has 6 heteroatoms. The maximum atomic E-state index is 11.8. The molecule has 0 aromatic carbocycles. The number of alkyl halides is 3. The summed E-state index contributed by atoms with van der Waals surface area (Å²) >= 11 is 0. The summed E-state index contributed by atoms with van der Waals surface area (Å²) in [7, 11) is 0. The van der Waals surface area contributed by atoms with Crippen LogP contribution in [0.25, 0.3) is 0 Å². The zero-order valence-corrected chi connectivity index (χ0v) is 9.70. The van der Waals surface area contributed by atoms with Crippen molar-refractivity contribution >= 4 is 0 Å². The molecule has 2 N–H and O–H groups in total. The van der Waals surface area contributed by atoms with E-state index < -0.39 is 12.8 Å². The van der Waals surface area contributed by atoms with Crippen LogP contribution in [0.1, 0.15) is 31.4 Å². The van der Waals surface area contributed by atoms with Crippen LogP contribution in [0.3, 0.4) is 0 Å². The highest BCUT2D eigenvalue weighted by Crippen LogP contribution is 2.17. The lowest BCUT2D eigenvalue weighted by molar-refractivity contribution is -0.181. The molecular formula is C11H17F3N2O. The topological polar surface area (TPSA) is 40.2 Å².